The second-order valence-corrected chi connectivity index (χ2v) is 6.27. The van der Waals surface area contributed by atoms with Gasteiger partial charge in [0.15, 0.2) is 0 Å². The third kappa shape index (κ3) is 6.09. The van der Waals surface area contributed by atoms with Gasteiger partial charge in [0.05, 0.1) is 17.9 Å². The second kappa shape index (κ2) is 10.9. The molecule has 0 saturated heterocycles. The van der Waals surface area contributed by atoms with Gasteiger partial charge in [0.1, 0.15) is 24.7 Å². The minimum atomic E-state index is -0.255. The maximum Gasteiger partial charge on any atom is 0.259 e. The molecule has 0 saturated carbocycles. The van der Waals surface area contributed by atoms with Crippen LogP contribution in [0.15, 0.2) is 78.9 Å². The highest BCUT2D eigenvalue weighted by Crippen LogP contribution is 2.26. The third-order valence-electron chi connectivity index (χ3n) is 4.19. The van der Waals surface area contributed by atoms with Crippen molar-refractivity contribution in [1.29, 1.82) is 0 Å². The molecule has 0 radical (unpaired) electrons. The molecule has 0 unspecified atom stereocenters. The first kappa shape index (κ1) is 20.4. The number of ether oxygens (including phenoxy) is 3. The number of amides is 1. The van der Waals surface area contributed by atoms with Gasteiger partial charge in [0, 0.05) is 6.61 Å². The van der Waals surface area contributed by atoms with E-state index in [1.54, 1.807) is 18.2 Å². The van der Waals surface area contributed by atoms with Crippen LogP contribution in [-0.4, -0.2) is 25.7 Å². The first-order valence-electron chi connectivity index (χ1n) is 9.64. The first-order chi connectivity index (χ1) is 14.3. The molecule has 1 N–H and O–H groups in total. The molecule has 5 heteroatoms. The lowest BCUT2D eigenvalue weighted by atomic mass is 10.1. The molecule has 0 atom stereocenters. The molecule has 0 fully saturated rings. The van der Waals surface area contributed by atoms with Gasteiger partial charge >= 0.3 is 0 Å². The Labute approximate surface area is 171 Å². The third-order valence-corrected chi connectivity index (χ3v) is 4.19. The van der Waals surface area contributed by atoms with Crippen LogP contribution in [0, 0.1) is 0 Å². The van der Waals surface area contributed by atoms with Crippen molar-refractivity contribution in [3.05, 3.63) is 90.0 Å². The summed E-state index contributed by atoms with van der Waals surface area (Å²) in [4.78, 5) is 12.9. The average Bonchev–Trinajstić information content (AvgIpc) is 2.77. The molecule has 3 aromatic rings. The van der Waals surface area contributed by atoms with Gasteiger partial charge in [-0.1, -0.05) is 54.6 Å². The highest BCUT2D eigenvalue weighted by atomic mass is 16.5. The zero-order valence-electron chi connectivity index (χ0n) is 16.5. The van der Waals surface area contributed by atoms with Crippen molar-refractivity contribution in [2.24, 2.45) is 0 Å². The summed E-state index contributed by atoms with van der Waals surface area (Å²) in [7, 11) is 0. The Morgan fingerprint density at radius 2 is 1.48 bits per heavy atom. The molecular weight excluding hydrogens is 366 g/mol. The van der Waals surface area contributed by atoms with Gasteiger partial charge in [-0.15, -0.1) is 0 Å². The van der Waals surface area contributed by atoms with Crippen molar-refractivity contribution >= 4 is 11.6 Å². The van der Waals surface area contributed by atoms with E-state index in [0.29, 0.717) is 49.2 Å². The molecule has 5 nitrogen and oxygen atoms in total. The van der Waals surface area contributed by atoms with Crippen molar-refractivity contribution in [2.45, 2.75) is 13.5 Å². The number of benzene rings is 3. The van der Waals surface area contributed by atoms with Crippen LogP contribution < -0.4 is 14.8 Å². The lowest BCUT2D eigenvalue weighted by Crippen LogP contribution is -2.15. The second-order valence-electron chi connectivity index (χ2n) is 6.27. The number of anilines is 1. The van der Waals surface area contributed by atoms with Crippen LogP contribution in [0.25, 0.3) is 0 Å². The van der Waals surface area contributed by atoms with Crippen LogP contribution >= 0.6 is 0 Å². The summed E-state index contributed by atoms with van der Waals surface area (Å²) in [6.07, 6.45) is 0. The molecule has 29 heavy (non-hydrogen) atoms. The largest absolute Gasteiger partial charge is 0.489 e. The van der Waals surface area contributed by atoms with E-state index in [0.717, 1.165) is 5.56 Å². The van der Waals surface area contributed by atoms with Crippen molar-refractivity contribution in [2.75, 3.05) is 25.1 Å². The monoisotopic (exact) mass is 391 g/mol. The van der Waals surface area contributed by atoms with Crippen molar-refractivity contribution in [3.63, 3.8) is 0 Å². The van der Waals surface area contributed by atoms with Crippen LogP contribution in [0.1, 0.15) is 22.8 Å². The van der Waals surface area contributed by atoms with Crippen LogP contribution in [0.2, 0.25) is 0 Å². The number of hydrogen-bond acceptors (Lipinski definition) is 4. The Kier molecular flexibility index (Phi) is 7.66. The topological polar surface area (TPSA) is 56.8 Å². The van der Waals surface area contributed by atoms with E-state index in [4.69, 9.17) is 14.2 Å². The minimum absolute atomic E-state index is 0.255. The Balaban J connectivity index is 1.68. The van der Waals surface area contributed by atoms with Crippen molar-refractivity contribution in [1.82, 2.24) is 0 Å². The predicted molar refractivity (Wildman–Crippen MR) is 114 cm³/mol. The zero-order chi connectivity index (χ0) is 20.3. The Morgan fingerprint density at radius 3 is 2.28 bits per heavy atom. The molecule has 3 rings (SSSR count). The summed E-state index contributed by atoms with van der Waals surface area (Å²) in [5.41, 5.74) is 2.11. The molecular formula is C24H25NO4. The molecule has 0 heterocycles. The van der Waals surface area contributed by atoms with Crippen LogP contribution in [0.4, 0.5) is 5.69 Å². The number of nitrogens with one attached hydrogen (secondary N) is 1. The standard InChI is InChI=1S/C24H25NO4/c1-2-27-16-17-28-23-15-9-7-13-21(23)25-24(26)20-12-6-8-14-22(20)29-18-19-10-4-3-5-11-19/h3-15H,2,16-18H2,1H3,(H,25,26). The number of rotatable bonds is 10. The van der Waals surface area contributed by atoms with E-state index in [1.807, 2.05) is 67.6 Å². The Hall–Kier alpha value is -3.31. The molecule has 0 spiro atoms. The highest BCUT2D eigenvalue weighted by molar-refractivity contribution is 6.06. The molecule has 3 aromatic carbocycles. The molecule has 0 aromatic heterocycles. The summed E-state index contributed by atoms with van der Waals surface area (Å²) >= 11 is 0. The van der Waals surface area contributed by atoms with Gasteiger partial charge in [-0.2, -0.15) is 0 Å². The summed E-state index contributed by atoms with van der Waals surface area (Å²) in [6, 6.07) is 24.4. The highest BCUT2D eigenvalue weighted by Gasteiger charge is 2.14. The van der Waals surface area contributed by atoms with Gasteiger partial charge in [0.25, 0.3) is 5.91 Å². The van der Waals surface area contributed by atoms with Crippen LogP contribution in [0.5, 0.6) is 11.5 Å². The lowest BCUT2D eigenvalue weighted by molar-refractivity contribution is 0.102. The Bertz CT molecular complexity index is 912. The van der Waals surface area contributed by atoms with Crippen LogP contribution in [-0.2, 0) is 11.3 Å². The number of para-hydroxylation sites is 3. The van der Waals surface area contributed by atoms with E-state index in [-0.39, 0.29) is 5.91 Å². The number of carbonyl (C=O) groups is 1. The summed E-state index contributed by atoms with van der Waals surface area (Å²) < 4.78 is 16.9. The molecule has 0 aliphatic carbocycles. The fraction of sp³-hybridized carbons (Fsp3) is 0.208. The average molecular weight is 391 g/mol. The first-order valence-corrected chi connectivity index (χ1v) is 9.64. The number of hydrogen-bond donors (Lipinski definition) is 1. The Morgan fingerprint density at radius 1 is 0.793 bits per heavy atom. The van der Waals surface area contributed by atoms with Crippen LogP contribution in [0.3, 0.4) is 0 Å². The van der Waals surface area contributed by atoms with Crippen molar-refractivity contribution in [3.8, 4) is 11.5 Å². The van der Waals surface area contributed by atoms with Crippen molar-refractivity contribution < 1.29 is 19.0 Å². The SMILES string of the molecule is CCOCCOc1ccccc1NC(=O)c1ccccc1OCc1ccccc1. The molecule has 0 aliphatic rings. The fourth-order valence-corrected chi connectivity index (χ4v) is 2.76. The van der Waals surface area contributed by atoms with E-state index in [1.165, 1.54) is 0 Å². The summed E-state index contributed by atoms with van der Waals surface area (Å²) in [5, 5.41) is 2.92. The smallest absolute Gasteiger partial charge is 0.259 e. The van der Waals surface area contributed by atoms with Gasteiger partial charge < -0.3 is 19.5 Å². The lowest BCUT2D eigenvalue weighted by Gasteiger charge is -2.14. The maximum absolute atomic E-state index is 12.9. The number of carbonyl (C=O) groups excluding carboxylic acids is 1. The summed E-state index contributed by atoms with van der Waals surface area (Å²) in [5.74, 6) is 0.876. The predicted octanol–water partition coefficient (Wildman–Crippen LogP) is 4.93. The van der Waals surface area contributed by atoms with E-state index < -0.39 is 0 Å². The van der Waals surface area contributed by atoms with Gasteiger partial charge in [-0.3, -0.25) is 4.79 Å². The molecule has 150 valence electrons. The molecule has 1 amide bonds. The quantitative estimate of drug-likeness (QED) is 0.498. The van der Waals surface area contributed by atoms with E-state index in [2.05, 4.69) is 5.32 Å². The van der Waals surface area contributed by atoms with E-state index >= 15 is 0 Å². The summed E-state index contributed by atoms with van der Waals surface area (Å²) in [6.45, 7) is 3.88. The normalized spacial score (nSPS) is 10.4. The fourth-order valence-electron chi connectivity index (χ4n) is 2.76. The zero-order valence-corrected chi connectivity index (χ0v) is 16.5. The van der Waals surface area contributed by atoms with Gasteiger partial charge in [0.2, 0.25) is 0 Å². The molecule has 0 bridgehead atoms. The van der Waals surface area contributed by atoms with Gasteiger partial charge in [-0.25, -0.2) is 0 Å². The molecule has 0 aliphatic heterocycles. The van der Waals surface area contributed by atoms with Gasteiger partial charge in [-0.05, 0) is 36.8 Å². The maximum atomic E-state index is 12.9. The van der Waals surface area contributed by atoms with E-state index in [9.17, 15) is 4.79 Å². The minimum Gasteiger partial charge on any atom is -0.489 e.